The zero-order valence-electron chi connectivity index (χ0n) is 12.0. The quantitative estimate of drug-likeness (QED) is 0.377. The Morgan fingerprint density at radius 1 is 1.18 bits per heavy atom. The molecule has 0 amide bonds. The fourth-order valence-corrected chi connectivity index (χ4v) is 4.86. The molecule has 0 aromatic carbocycles. The molecule has 0 aromatic heterocycles. The third-order valence-electron chi connectivity index (χ3n) is 3.25. The van der Waals surface area contributed by atoms with Crippen molar-refractivity contribution in [2.45, 2.75) is 44.9 Å². The lowest BCUT2D eigenvalue weighted by Gasteiger charge is -2.30. The highest BCUT2D eigenvalue weighted by atomic mass is 35.5. The summed E-state index contributed by atoms with van der Waals surface area (Å²) < 4.78 is 5.15. The van der Waals surface area contributed by atoms with Crippen LogP contribution in [0.25, 0.3) is 0 Å². The molecular weight excluding hydrogens is 250 g/mol. The Morgan fingerprint density at radius 3 is 2.24 bits per heavy atom. The van der Waals surface area contributed by atoms with Crippen molar-refractivity contribution in [1.82, 2.24) is 0 Å². The summed E-state index contributed by atoms with van der Waals surface area (Å²) >= 11 is 5.88. The van der Waals surface area contributed by atoms with E-state index in [1.165, 1.54) is 12.5 Å². The number of halogens is 1. The van der Waals surface area contributed by atoms with E-state index in [-0.39, 0.29) is 0 Å². The maximum absolute atomic E-state index is 5.91. The van der Waals surface area contributed by atoms with Gasteiger partial charge in [0.15, 0.2) is 0 Å². The van der Waals surface area contributed by atoms with E-state index in [1.807, 2.05) is 0 Å². The summed E-state index contributed by atoms with van der Waals surface area (Å²) in [7, 11) is 0.743. The molecule has 17 heavy (non-hydrogen) atoms. The molecule has 0 saturated carbocycles. The van der Waals surface area contributed by atoms with E-state index >= 15 is 0 Å². The van der Waals surface area contributed by atoms with E-state index in [2.05, 4.69) is 19.6 Å². The number of nitrogens with two attached hydrogens (primary N) is 1. The Bertz CT molecular complexity index is 185. The highest BCUT2D eigenvalue weighted by Gasteiger charge is 2.26. The summed E-state index contributed by atoms with van der Waals surface area (Å²) in [4.78, 5) is 0. The van der Waals surface area contributed by atoms with Gasteiger partial charge in [0, 0.05) is 27.7 Å². The van der Waals surface area contributed by atoms with Gasteiger partial charge in [-0.25, -0.2) is 0 Å². The smallest absolute Gasteiger partial charge is 0.0462 e. The first-order valence-electron chi connectivity index (χ1n) is 6.69. The monoisotopic (exact) mass is 279 g/mol. The standard InChI is InChI=1S/C13H30ClNOSi/c1-16-9-5-6-13(11-17(2,3)4)12(10-15)7-8-14/h12-13H,5-11,15H2,1-4H3. The normalized spacial score (nSPS) is 15.9. The summed E-state index contributed by atoms with van der Waals surface area (Å²) in [6.45, 7) is 8.94. The number of methoxy groups -OCH3 is 1. The van der Waals surface area contributed by atoms with Crippen LogP contribution in [0.3, 0.4) is 0 Å². The topological polar surface area (TPSA) is 35.2 Å². The average molecular weight is 280 g/mol. The van der Waals surface area contributed by atoms with Crippen LogP contribution in [0.15, 0.2) is 0 Å². The van der Waals surface area contributed by atoms with Crippen molar-refractivity contribution in [3.8, 4) is 0 Å². The molecule has 2 nitrogen and oxygen atoms in total. The molecule has 0 fully saturated rings. The van der Waals surface area contributed by atoms with Crippen LogP contribution in [-0.4, -0.2) is 34.2 Å². The summed E-state index contributed by atoms with van der Waals surface area (Å²) in [5.74, 6) is 2.06. The summed E-state index contributed by atoms with van der Waals surface area (Å²) in [6, 6.07) is 1.36. The minimum Gasteiger partial charge on any atom is -0.385 e. The van der Waals surface area contributed by atoms with Crippen molar-refractivity contribution in [3.05, 3.63) is 0 Å². The molecule has 0 aromatic rings. The first kappa shape index (κ1) is 17.4. The molecule has 0 saturated heterocycles. The van der Waals surface area contributed by atoms with Gasteiger partial charge in [-0.3, -0.25) is 0 Å². The highest BCUT2D eigenvalue weighted by Crippen LogP contribution is 2.29. The Balaban J connectivity index is 4.35. The first-order valence-corrected chi connectivity index (χ1v) is 10.9. The Kier molecular flexibility index (Phi) is 9.60. The van der Waals surface area contributed by atoms with Crippen LogP contribution >= 0.6 is 11.6 Å². The summed E-state index contributed by atoms with van der Waals surface area (Å²) in [6.07, 6.45) is 3.43. The van der Waals surface area contributed by atoms with E-state index in [1.54, 1.807) is 7.11 Å². The zero-order chi connectivity index (χ0) is 13.3. The van der Waals surface area contributed by atoms with Crippen LogP contribution in [0.5, 0.6) is 0 Å². The average Bonchev–Trinajstić information content (AvgIpc) is 2.23. The van der Waals surface area contributed by atoms with Crippen LogP contribution in [0.4, 0.5) is 0 Å². The number of ether oxygens (including phenoxy) is 1. The molecule has 0 bridgehead atoms. The fourth-order valence-electron chi connectivity index (χ4n) is 2.47. The molecule has 0 aliphatic rings. The lowest BCUT2D eigenvalue weighted by Crippen LogP contribution is -2.31. The highest BCUT2D eigenvalue weighted by molar-refractivity contribution is 6.76. The second-order valence-electron chi connectivity index (χ2n) is 6.13. The predicted octanol–water partition coefficient (Wildman–Crippen LogP) is 3.57. The van der Waals surface area contributed by atoms with Crippen LogP contribution in [0.2, 0.25) is 25.7 Å². The lowest BCUT2D eigenvalue weighted by molar-refractivity contribution is 0.181. The van der Waals surface area contributed by atoms with Gasteiger partial charge in [-0.15, -0.1) is 11.6 Å². The van der Waals surface area contributed by atoms with Crippen molar-refractivity contribution in [1.29, 1.82) is 0 Å². The van der Waals surface area contributed by atoms with Crippen molar-refractivity contribution >= 4 is 19.7 Å². The molecule has 0 aliphatic carbocycles. The maximum atomic E-state index is 5.91. The van der Waals surface area contributed by atoms with Crippen LogP contribution < -0.4 is 5.73 Å². The number of rotatable bonds is 10. The number of hydrogen-bond donors (Lipinski definition) is 1. The zero-order valence-corrected chi connectivity index (χ0v) is 13.7. The van der Waals surface area contributed by atoms with Crippen molar-refractivity contribution in [2.75, 3.05) is 26.1 Å². The van der Waals surface area contributed by atoms with Crippen molar-refractivity contribution in [3.63, 3.8) is 0 Å². The largest absolute Gasteiger partial charge is 0.385 e. The third kappa shape index (κ3) is 9.06. The Hall–Kier alpha value is 0.427. The molecular formula is C13H30ClNOSi. The van der Waals surface area contributed by atoms with E-state index in [0.29, 0.717) is 5.92 Å². The molecule has 0 heterocycles. The minimum absolute atomic E-state index is 0.594. The van der Waals surface area contributed by atoms with Crippen LogP contribution in [0.1, 0.15) is 19.3 Å². The van der Waals surface area contributed by atoms with E-state index < -0.39 is 8.07 Å². The van der Waals surface area contributed by atoms with E-state index in [9.17, 15) is 0 Å². The van der Waals surface area contributed by atoms with Gasteiger partial charge in [0.05, 0.1) is 0 Å². The van der Waals surface area contributed by atoms with Crippen molar-refractivity contribution in [2.24, 2.45) is 17.6 Å². The van der Waals surface area contributed by atoms with Crippen LogP contribution in [-0.2, 0) is 4.74 Å². The molecule has 2 atom stereocenters. The van der Waals surface area contributed by atoms with Gasteiger partial charge in [0.1, 0.15) is 0 Å². The van der Waals surface area contributed by atoms with Gasteiger partial charge in [-0.05, 0) is 37.6 Å². The van der Waals surface area contributed by atoms with E-state index in [4.69, 9.17) is 22.1 Å². The third-order valence-corrected chi connectivity index (χ3v) is 5.21. The molecule has 104 valence electrons. The summed E-state index contributed by atoms with van der Waals surface area (Å²) in [5.41, 5.74) is 5.91. The van der Waals surface area contributed by atoms with Gasteiger partial charge in [0.25, 0.3) is 0 Å². The Labute approximate surface area is 113 Å². The molecule has 2 unspecified atom stereocenters. The van der Waals surface area contributed by atoms with Gasteiger partial charge in [-0.2, -0.15) is 0 Å². The minimum atomic E-state index is -1.03. The molecule has 2 N–H and O–H groups in total. The predicted molar refractivity (Wildman–Crippen MR) is 80.6 cm³/mol. The Morgan fingerprint density at radius 2 is 1.82 bits per heavy atom. The van der Waals surface area contributed by atoms with Crippen LogP contribution in [0, 0.1) is 11.8 Å². The summed E-state index contributed by atoms with van der Waals surface area (Å²) in [5, 5.41) is 0. The fraction of sp³-hybridized carbons (Fsp3) is 1.00. The first-order chi connectivity index (χ1) is 7.94. The molecule has 0 aliphatic heterocycles. The lowest BCUT2D eigenvalue weighted by atomic mass is 9.88. The van der Waals surface area contributed by atoms with Gasteiger partial charge in [0.2, 0.25) is 0 Å². The van der Waals surface area contributed by atoms with E-state index in [0.717, 1.165) is 37.8 Å². The second-order valence-corrected chi connectivity index (χ2v) is 12.0. The van der Waals surface area contributed by atoms with Crippen molar-refractivity contribution < 1.29 is 4.74 Å². The van der Waals surface area contributed by atoms with Gasteiger partial charge in [-0.1, -0.05) is 25.7 Å². The molecule has 0 rings (SSSR count). The molecule has 0 radical (unpaired) electrons. The van der Waals surface area contributed by atoms with Gasteiger partial charge < -0.3 is 10.5 Å². The number of alkyl halides is 1. The molecule has 4 heteroatoms. The number of hydrogen-bond acceptors (Lipinski definition) is 2. The van der Waals surface area contributed by atoms with Gasteiger partial charge >= 0.3 is 0 Å². The SMILES string of the molecule is COCCCC(C[Si](C)(C)C)C(CN)CCCl. The molecule has 0 spiro atoms. The second kappa shape index (κ2) is 9.37. The maximum Gasteiger partial charge on any atom is 0.0462 e.